The minimum Gasteiger partial charge on any atom is -0.462 e. The molecule has 0 atom stereocenters. The lowest BCUT2D eigenvalue weighted by Gasteiger charge is -1.99. The van der Waals surface area contributed by atoms with E-state index >= 15 is 0 Å². The molecular weight excluding hydrogens is 260 g/mol. The maximum Gasteiger partial charge on any atom is 0.345 e. The van der Waals surface area contributed by atoms with Crippen LogP contribution >= 0.6 is 0 Å². The van der Waals surface area contributed by atoms with Gasteiger partial charge in [0, 0.05) is 13.3 Å². The SMILES string of the molecule is CCOC(=O)c1c(N)oc2cc(C=CCOC)cnc12. The van der Waals surface area contributed by atoms with Crippen LogP contribution in [0.4, 0.5) is 5.88 Å². The number of esters is 1. The molecular formula is C14H16N2O4. The van der Waals surface area contributed by atoms with Crippen LogP contribution in [0.25, 0.3) is 17.2 Å². The van der Waals surface area contributed by atoms with E-state index in [2.05, 4.69) is 4.98 Å². The number of pyridine rings is 1. The van der Waals surface area contributed by atoms with Gasteiger partial charge in [-0.2, -0.15) is 0 Å². The first-order valence-electron chi connectivity index (χ1n) is 6.18. The topological polar surface area (TPSA) is 87.6 Å². The predicted octanol–water partition coefficient (Wildman–Crippen LogP) is 2.25. The number of ether oxygens (including phenoxy) is 2. The summed E-state index contributed by atoms with van der Waals surface area (Å²) >= 11 is 0. The average Bonchev–Trinajstić information content (AvgIpc) is 2.74. The number of hydrogen-bond donors (Lipinski definition) is 1. The molecule has 0 bridgehead atoms. The average molecular weight is 276 g/mol. The number of nitrogens with zero attached hydrogens (tertiary/aromatic N) is 1. The lowest BCUT2D eigenvalue weighted by atomic mass is 10.2. The Morgan fingerprint density at radius 1 is 1.55 bits per heavy atom. The number of carbonyl (C=O) groups is 1. The Morgan fingerprint density at radius 3 is 3.05 bits per heavy atom. The van der Waals surface area contributed by atoms with Gasteiger partial charge in [-0.1, -0.05) is 12.2 Å². The Bertz CT molecular complexity index is 646. The quantitative estimate of drug-likeness (QED) is 0.843. The summed E-state index contributed by atoms with van der Waals surface area (Å²) in [4.78, 5) is 16.0. The summed E-state index contributed by atoms with van der Waals surface area (Å²) in [6.07, 6.45) is 5.33. The summed E-state index contributed by atoms with van der Waals surface area (Å²) in [5, 5.41) is 0. The molecule has 0 amide bonds. The fourth-order valence-corrected chi connectivity index (χ4v) is 1.78. The highest BCUT2D eigenvalue weighted by atomic mass is 16.5. The second kappa shape index (κ2) is 6.21. The van der Waals surface area contributed by atoms with Crippen molar-refractivity contribution in [2.24, 2.45) is 0 Å². The highest BCUT2D eigenvalue weighted by molar-refractivity contribution is 6.06. The van der Waals surface area contributed by atoms with Crippen molar-refractivity contribution in [1.82, 2.24) is 4.98 Å². The zero-order chi connectivity index (χ0) is 14.5. The largest absolute Gasteiger partial charge is 0.462 e. The molecule has 6 heteroatoms. The highest BCUT2D eigenvalue weighted by Crippen LogP contribution is 2.27. The molecule has 2 aromatic heterocycles. The first-order chi connectivity index (χ1) is 9.67. The summed E-state index contributed by atoms with van der Waals surface area (Å²) in [6.45, 7) is 2.50. The molecule has 0 aromatic carbocycles. The van der Waals surface area contributed by atoms with Crippen molar-refractivity contribution >= 4 is 29.0 Å². The van der Waals surface area contributed by atoms with Crippen molar-refractivity contribution in [2.45, 2.75) is 6.92 Å². The van der Waals surface area contributed by atoms with Crippen molar-refractivity contribution in [1.29, 1.82) is 0 Å². The van der Waals surface area contributed by atoms with Crippen LogP contribution in [0, 0.1) is 0 Å². The van der Waals surface area contributed by atoms with E-state index in [-0.39, 0.29) is 18.1 Å². The molecule has 0 saturated carbocycles. The van der Waals surface area contributed by atoms with E-state index in [1.54, 1.807) is 26.3 Å². The van der Waals surface area contributed by atoms with Crippen LogP contribution in [0.15, 0.2) is 22.8 Å². The molecule has 0 radical (unpaired) electrons. The monoisotopic (exact) mass is 276 g/mol. The van der Waals surface area contributed by atoms with Gasteiger partial charge in [0.1, 0.15) is 11.1 Å². The van der Waals surface area contributed by atoms with Gasteiger partial charge in [0.15, 0.2) is 5.58 Å². The van der Waals surface area contributed by atoms with E-state index in [4.69, 9.17) is 19.6 Å². The van der Waals surface area contributed by atoms with Gasteiger partial charge in [-0.15, -0.1) is 0 Å². The number of hydrogen-bond acceptors (Lipinski definition) is 6. The zero-order valence-electron chi connectivity index (χ0n) is 11.4. The van der Waals surface area contributed by atoms with Crippen LogP contribution in [0.3, 0.4) is 0 Å². The van der Waals surface area contributed by atoms with E-state index in [1.165, 1.54) is 0 Å². The minimum absolute atomic E-state index is 0.0176. The fraction of sp³-hybridized carbons (Fsp3) is 0.286. The summed E-state index contributed by atoms with van der Waals surface area (Å²) in [6, 6.07) is 1.76. The second-order valence-corrected chi connectivity index (χ2v) is 4.03. The van der Waals surface area contributed by atoms with Crippen LogP contribution in [-0.2, 0) is 9.47 Å². The number of methoxy groups -OCH3 is 1. The number of furan rings is 1. The Hall–Kier alpha value is -2.34. The number of anilines is 1. The molecule has 0 unspecified atom stereocenters. The molecule has 0 saturated heterocycles. The van der Waals surface area contributed by atoms with Gasteiger partial charge in [0.2, 0.25) is 5.88 Å². The molecule has 0 aliphatic heterocycles. The molecule has 0 aliphatic rings. The van der Waals surface area contributed by atoms with E-state index in [1.807, 2.05) is 12.2 Å². The normalized spacial score (nSPS) is 11.3. The first kappa shape index (κ1) is 14.1. The number of fused-ring (bicyclic) bond motifs is 1. The van der Waals surface area contributed by atoms with Gasteiger partial charge in [-0.05, 0) is 18.6 Å². The third-order valence-corrected chi connectivity index (χ3v) is 2.63. The van der Waals surface area contributed by atoms with E-state index in [0.717, 1.165) is 5.56 Å². The third-order valence-electron chi connectivity index (χ3n) is 2.63. The summed E-state index contributed by atoms with van der Waals surface area (Å²) in [5.41, 5.74) is 7.57. The zero-order valence-corrected chi connectivity index (χ0v) is 11.4. The Kier molecular flexibility index (Phi) is 4.37. The number of aromatic nitrogens is 1. The van der Waals surface area contributed by atoms with Crippen molar-refractivity contribution in [3.8, 4) is 0 Å². The maximum absolute atomic E-state index is 11.8. The third kappa shape index (κ3) is 2.80. The molecule has 0 spiro atoms. The molecule has 2 N–H and O–H groups in total. The van der Waals surface area contributed by atoms with Gasteiger partial charge < -0.3 is 19.6 Å². The fourth-order valence-electron chi connectivity index (χ4n) is 1.78. The molecule has 2 rings (SSSR count). The number of nitrogens with two attached hydrogens (primary N) is 1. The van der Waals surface area contributed by atoms with E-state index in [9.17, 15) is 4.79 Å². The predicted molar refractivity (Wildman–Crippen MR) is 75.3 cm³/mol. The second-order valence-electron chi connectivity index (χ2n) is 4.03. The smallest absolute Gasteiger partial charge is 0.345 e. The van der Waals surface area contributed by atoms with E-state index < -0.39 is 5.97 Å². The molecule has 2 aromatic rings. The lowest BCUT2D eigenvalue weighted by Crippen LogP contribution is -2.06. The van der Waals surface area contributed by atoms with Gasteiger partial charge in [-0.25, -0.2) is 4.79 Å². The molecule has 106 valence electrons. The van der Waals surface area contributed by atoms with Crippen LogP contribution in [0.1, 0.15) is 22.8 Å². The van der Waals surface area contributed by atoms with Crippen LogP contribution < -0.4 is 5.73 Å². The highest BCUT2D eigenvalue weighted by Gasteiger charge is 2.21. The molecule has 20 heavy (non-hydrogen) atoms. The lowest BCUT2D eigenvalue weighted by molar-refractivity contribution is 0.0529. The van der Waals surface area contributed by atoms with Crippen LogP contribution in [0.2, 0.25) is 0 Å². The Balaban J connectivity index is 2.38. The number of carbonyl (C=O) groups excluding carboxylic acids is 1. The van der Waals surface area contributed by atoms with Gasteiger partial charge in [0.05, 0.1) is 13.2 Å². The van der Waals surface area contributed by atoms with Crippen LogP contribution in [-0.4, -0.2) is 31.3 Å². The number of rotatable bonds is 5. The van der Waals surface area contributed by atoms with Crippen molar-refractivity contribution in [3.63, 3.8) is 0 Å². The van der Waals surface area contributed by atoms with Crippen molar-refractivity contribution < 1.29 is 18.7 Å². The van der Waals surface area contributed by atoms with Gasteiger partial charge >= 0.3 is 5.97 Å². The molecule has 0 aliphatic carbocycles. The number of nitrogen functional groups attached to an aromatic ring is 1. The minimum atomic E-state index is -0.529. The van der Waals surface area contributed by atoms with Gasteiger partial charge in [0.25, 0.3) is 0 Å². The van der Waals surface area contributed by atoms with Crippen molar-refractivity contribution in [2.75, 3.05) is 26.1 Å². The standard InChI is InChI=1S/C14H16N2O4/c1-3-19-14(17)11-12-10(20-13(11)15)7-9(8-16-12)5-4-6-18-2/h4-5,7-8H,3,6,15H2,1-2H3. The van der Waals surface area contributed by atoms with Crippen LogP contribution in [0.5, 0.6) is 0 Å². The summed E-state index contributed by atoms with van der Waals surface area (Å²) < 4.78 is 15.2. The maximum atomic E-state index is 11.8. The van der Waals surface area contributed by atoms with E-state index in [0.29, 0.717) is 17.7 Å². The Labute approximate surface area is 116 Å². The molecule has 2 heterocycles. The van der Waals surface area contributed by atoms with Gasteiger partial charge in [-0.3, -0.25) is 4.98 Å². The van der Waals surface area contributed by atoms with Crippen molar-refractivity contribution in [3.05, 3.63) is 29.5 Å². The molecule has 0 fully saturated rings. The molecule has 6 nitrogen and oxygen atoms in total. The summed E-state index contributed by atoms with van der Waals surface area (Å²) in [7, 11) is 1.62. The summed E-state index contributed by atoms with van der Waals surface area (Å²) in [5.74, 6) is -0.511. The Morgan fingerprint density at radius 2 is 2.35 bits per heavy atom. The first-order valence-corrected chi connectivity index (χ1v) is 6.18.